The van der Waals surface area contributed by atoms with E-state index in [9.17, 15) is 4.39 Å². The van der Waals surface area contributed by atoms with Gasteiger partial charge in [0.1, 0.15) is 11.6 Å². The van der Waals surface area contributed by atoms with E-state index < -0.39 is 0 Å². The summed E-state index contributed by atoms with van der Waals surface area (Å²) < 4.78 is 20.6. The SMILES string of the molecule is CCOc1ccc(N2CCn3c(SCc4ccc(F)cc4)nnc32)cc1. The lowest BCUT2D eigenvalue weighted by molar-refractivity contribution is 0.340. The molecule has 0 atom stereocenters. The number of halogens is 1. The maximum absolute atomic E-state index is 13.0. The molecule has 2 heterocycles. The molecule has 26 heavy (non-hydrogen) atoms. The molecule has 0 aliphatic carbocycles. The molecule has 4 rings (SSSR count). The van der Waals surface area contributed by atoms with Crippen LogP contribution in [0.1, 0.15) is 12.5 Å². The first-order chi connectivity index (χ1) is 12.7. The monoisotopic (exact) mass is 370 g/mol. The van der Waals surface area contributed by atoms with Gasteiger partial charge in [-0.25, -0.2) is 4.39 Å². The number of ether oxygens (including phenoxy) is 1. The van der Waals surface area contributed by atoms with Crippen molar-refractivity contribution in [1.82, 2.24) is 14.8 Å². The summed E-state index contributed by atoms with van der Waals surface area (Å²) in [6, 6.07) is 14.6. The van der Waals surface area contributed by atoms with E-state index in [1.165, 1.54) is 12.1 Å². The Hall–Kier alpha value is -2.54. The van der Waals surface area contributed by atoms with Crippen LogP contribution in [0.4, 0.5) is 16.0 Å². The lowest BCUT2D eigenvalue weighted by Gasteiger charge is -2.15. The Morgan fingerprint density at radius 3 is 2.54 bits per heavy atom. The molecule has 2 aromatic carbocycles. The van der Waals surface area contributed by atoms with Gasteiger partial charge in [-0.05, 0) is 48.9 Å². The fourth-order valence-electron chi connectivity index (χ4n) is 2.95. The van der Waals surface area contributed by atoms with Crippen molar-refractivity contribution in [2.75, 3.05) is 18.1 Å². The van der Waals surface area contributed by atoms with E-state index in [0.717, 1.165) is 46.9 Å². The summed E-state index contributed by atoms with van der Waals surface area (Å²) in [4.78, 5) is 2.16. The summed E-state index contributed by atoms with van der Waals surface area (Å²) in [5.41, 5.74) is 2.14. The zero-order valence-corrected chi connectivity index (χ0v) is 15.2. The van der Waals surface area contributed by atoms with Crippen LogP contribution in [0.15, 0.2) is 53.7 Å². The van der Waals surface area contributed by atoms with Gasteiger partial charge in [-0.3, -0.25) is 4.57 Å². The molecule has 0 fully saturated rings. The second kappa shape index (κ2) is 7.37. The van der Waals surface area contributed by atoms with Crippen molar-refractivity contribution in [1.29, 1.82) is 0 Å². The zero-order valence-electron chi connectivity index (χ0n) is 14.4. The molecule has 7 heteroatoms. The zero-order chi connectivity index (χ0) is 17.9. The predicted octanol–water partition coefficient (Wildman–Crippen LogP) is 4.26. The van der Waals surface area contributed by atoms with E-state index in [2.05, 4.69) is 19.7 Å². The van der Waals surface area contributed by atoms with Gasteiger partial charge in [0.2, 0.25) is 5.95 Å². The first-order valence-corrected chi connectivity index (χ1v) is 9.54. The number of aromatic nitrogens is 3. The number of thioether (sulfide) groups is 1. The van der Waals surface area contributed by atoms with E-state index in [-0.39, 0.29) is 5.82 Å². The number of hydrogen-bond donors (Lipinski definition) is 0. The summed E-state index contributed by atoms with van der Waals surface area (Å²) in [6.45, 7) is 4.35. The Balaban J connectivity index is 1.47. The molecule has 1 aromatic heterocycles. The average molecular weight is 370 g/mol. The first kappa shape index (κ1) is 16.9. The topological polar surface area (TPSA) is 43.2 Å². The molecule has 0 spiro atoms. The smallest absolute Gasteiger partial charge is 0.232 e. The van der Waals surface area contributed by atoms with E-state index in [4.69, 9.17) is 4.74 Å². The molecule has 0 saturated carbocycles. The molecule has 0 bridgehead atoms. The van der Waals surface area contributed by atoms with Crippen molar-refractivity contribution in [3.05, 3.63) is 59.9 Å². The maximum atomic E-state index is 13.0. The number of hydrogen-bond acceptors (Lipinski definition) is 5. The summed E-state index contributed by atoms with van der Waals surface area (Å²) in [7, 11) is 0. The third-order valence-corrected chi connectivity index (χ3v) is 5.26. The Labute approximate surface area is 155 Å². The third-order valence-electron chi connectivity index (χ3n) is 4.23. The van der Waals surface area contributed by atoms with Crippen LogP contribution in [0.2, 0.25) is 0 Å². The molecule has 3 aromatic rings. The van der Waals surface area contributed by atoms with Crippen molar-refractivity contribution >= 4 is 23.4 Å². The fraction of sp³-hybridized carbons (Fsp3) is 0.263. The molecular formula is C19H19FN4OS. The van der Waals surface area contributed by atoms with Crippen molar-refractivity contribution in [3.8, 4) is 5.75 Å². The normalized spacial score (nSPS) is 13.1. The maximum Gasteiger partial charge on any atom is 0.232 e. The minimum atomic E-state index is -0.215. The van der Waals surface area contributed by atoms with Crippen molar-refractivity contribution in [3.63, 3.8) is 0 Å². The predicted molar refractivity (Wildman–Crippen MR) is 101 cm³/mol. The van der Waals surface area contributed by atoms with Gasteiger partial charge < -0.3 is 9.64 Å². The van der Waals surface area contributed by atoms with Gasteiger partial charge in [0.05, 0.1) is 6.61 Å². The largest absolute Gasteiger partial charge is 0.494 e. The summed E-state index contributed by atoms with van der Waals surface area (Å²) in [6.07, 6.45) is 0. The van der Waals surface area contributed by atoms with E-state index in [0.29, 0.717) is 6.61 Å². The third kappa shape index (κ3) is 3.39. The highest BCUT2D eigenvalue weighted by Crippen LogP contribution is 2.33. The minimum absolute atomic E-state index is 0.215. The van der Waals surface area contributed by atoms with E-state index in [1.807, 2.05) is 31.2 Å². The summed E-state index contributed by atoms with van der Waals surface area (Å²) in [5.74, 6) is 2.25. The van der Waals surface area contributed by atoms with Crippen LogP contribution in [-0.2, 0) is 12.3 Å². The number of rotatable bonds is 6. The van der Waals surface area contributed by atoms with E-state index in [1.54, 1.807) is 23.9 Å². The standard InChI is InChI=1S/C19H19FN4OS/c1-2-25-17-9-7-16(8-10-17)23-11-12-24-18(23)21-22-19(24)26-13-14-3-5-15(20)6-4-14/h3-10H,2,11-13H2,1H3. The van der Waals surface area contributed by atoms with Crippen LogP contribution in [0, 0.1) is 5.82 Å². The van der Waals surface area contributed by atoms with Crippen molar-refractivity contribution in [2.45, 2.75) is 24.4 Å². The number of benzene rings is 2. The van der Waals surface area contributed by atoms with E-state index >= 15 is 0 Å². The van der Waals surface area contributed by atoms with Gasteiger partial charge in [-0.1, -0.05) is 23.9 Å². The van der Waals surface area contributed by atoms with Gasteiger partial charge in [0.15, 0.2) is 5.16 Å². The molecule has 0 amide bonds. The molecule has 134 valence electrons. The molecule has 1 aliphatic heterocycles. The highest BCUT2D eigenvalue weighted by atomic mass is 32.2. The first-order valence-electron chi connectivity index (χ1n) is 8.55. The highest BCUT2D eigenvalue weighted by Gasteiger charge is 2.26. The van der Waals surface area contributed by atoms with Crippen LogP contribution in [0.3, 0.4) is 0 Å². The van der Waals surface area contributed by atoms with Gasteiger partial charge in [0.25, 0.3) is 0 Å². The minimum Gasteiger partial charge on any atom is -0.494 e. The molecule has 0 unspecified atom stereocenters. The summed E-state index contributed by atoms with van der Waals surface area (Å²) >= 11 is 1.62. The second-order valence-corrected chi connectivity index (χ2v) is 6.87. The van der Waals surface area contributed by atoms with Crippen molar-refractivity contribution in [2.24, 2.45) is 0 Å². The van der Waals surface area contributed by atoms with Crippen LogP contribution >= 0.6 is 11.8 Å². The van der Waals surface area contributed by atoms with Crippen LogP contribution < -0.4 is 9.64 Å². The quantitative estimate of drug-likeness (QED) is 0.607. The Bertz CT molecular complexity index is 880. The fourth-order valence-corrected chi connectivity index (χ4v) is 3.86. The molecule has 5 nitrogen and oxygen atoms in total. The van der Waals surface area contributed by atoms with Gasteiger partial charge >= 0.3 is 0 Å². The molecule has 0 N–H and O–H groups in total. The molecule has 0 radical (unpaired) electrons. The summed E-state index contributed by atoms with van der Waals surface area (Å²) in [5, 5.41) is 9.58. The Morgan fingerprint density at radius 2 is 1.81 bits per heavy atom. The molecular weight excluding hydrogens is 351 g/mol. The molecule has 0 saturated heterocycles. The Kier molecular flexibility index (Phi) is 4.79. The number of anilines is 2. The lowest BCUT2D eigenvalue weighted by atomic mass is 10.2. The van der Waals surface area contributed by atoms with Crippen LogP contribution in [-0.4, -0.2) is 27.9 Å². The lowest BCUT2D eigenvalue weighted by Crippen LogP contribution is -2.14. The van der Waals surface area contributed by atoms with Gasteiger partial charge in [0, 0.05) is 24.5 Å². The average Bonchev–Trinajstić information content (AvgIpc) is 3.25. The number of fused-ring (bicyclic) bond motifs is 1. The number of nitrogens with zero attached hydrogens (tertiary/aromatic N) is 4. The van der Waals surface area contributed by atoms with Gasteiger partial charge in [-0.15, -0.1) is 10.2 Å². The van der Waals surface area contributed by atoms with Crippen LogP contribution in [0.25, 0.3) is 0 Å². The highest BCUT2D eigenvalue weighted by molar-refractivity contribution is 7.98. The van der Waals surface area contributed by atoms with Gasteiger partial charge in [-0.2, -0.15) is 0 Å². The molecule has 1 aliphatic rings. The Morgan fingerprint density at radius 1 is 1.04 bits per heavy atom. The second-order valence-electron chi connectivity index (χ2n) is 5.93. The van der Waals surface area contributed by atoms with Crippen LogP contribution in [0.5, 0.6) is 5.75 Å². The van der Waals surface area contributed by atoms with Crippen molar-refractivity contribution < 1.29 is 9.13 Å².